The summed E-state index contributed by atoms with van der Waals surface area (Å²) in [5.74, 6) is -1.50. The third-order valence-corrected chi connectivity index (χ3v) is 2.09. The Labute approximate surface area is 93.7 Å². The molecule has 1 aromatic carbocycles. The summed E-state index contributed by atoms with van der Waals surface area (Å²) in [4.78, 5) is 11.3. The molecule has 0 saturated heterocycles. The van der Waals surface area contributed by atoms with Crippen LogP contribution in [0.1, 0.15) is 10.4 Å². The van der Waals surface area contributed by atoms with Gasteiger partial charge in [0, 0.05) is 11.1 Å². The number of halogens is 3. The number of ether oxygens (including phenoxy) is 3. The molecule has 0 spiro atoms. The molecule has 1 aromatic rings. The Morgan fingerprint density at radius 2 is 2.12 bits per heavy atom. The fourth-order valence-corrected chi connectivity index (χ4v) is 1.49. The van der Waals surface area contributed by atoms with Gasteiger partial charge in [0.05, 0.1) is 7.11 Å². The van der Waals surface area contributed by atoms with Crippen molar-refractivity contribution >= 4 is 17.6 Å². The molecule has 4 nitrogen and oxygen atoms in total. The van der Waals surface area contributed by atoms with Gasteiger partial charge >= 0.3 is 12.3 Å². The molecule has 0 N–H and O–H groups in total. The lowest BCUT2D eigenvalue weighted by molar-refractivity contribution is -0.286. The first-order valence-corrected chi connectivity index (χ1v) is 4.48. The van der Waals surface area contributed by atoms with Gasteiger partial charge in [0.2, 0.25) is 0 Å². The van der Waals surface area contributed by atoms with Crippen molar-refractivity contribution in [2.24, 2.45) is 0 Å². The van der Waals surface area contributed by atoms with Crippen molar-refractivity contribution < 1.29 is 27.8 Å². The van der Waals surface area contributed by atoms with Gasteiger partial charge in [-0.3, -0.25) is 0 Å². The predicted octanol–water partition coefficient (Wildman–Crippen LogP) is 2.45. The van der Waals surface area contributed by atoms with Gasteiger partial charge in [-0.25, -0.2) is 4.79 Å². The Kier molecular flexibility index (Phi) is 2.38. The number of methoxy groups -OCH3 is 1. The minimum Gasteiger partial charge on any atom is -0.465 e. The molecule has 0 amide bonds. The highest BCUT2D eigenvalue weighted by molar-refractivity contribution is 6.31. The molecule has 86 valence electrons. The number of hydrogen-bond donors (Lipinski definition) is 0. The minimum absolute atomic E-state index is 0.0699. The summed E-state index contributed by atoms with van der Waals surface area (Å²) in [6.07, 6.45) is -3.80. The van der Waals surface area contributed by atoms with E-state index in [1.54, 1.807) is 0 Å². The number of rotatable bonds is 1. The molecule has 7 heteroatoms. The second-order valence-corrected chi connectivity index (χ2v) is 3.38. The zero-order valence-corrected chi connectivity index (χ0v) is 8.68. The van der Waals surface area contributed by atoms with Crippen LogP contribution in [-0.4, -0.2) is 19.4 Å². The van der Waals surface area contributed by atoms with Crippen molar-refractivity contribution in [3.63, 3.8) is 0 Å². The first kappa shape index (κ1) is 10.9. The van der Waals surface area contributed by atoms with Crippen LogP contribution in [0, 0.1) is 0 Å². The van der Waals surface area contributed by atoms with Crippen molar-refractivity contribution in [1.29, 1.82) is 0 Å². The van der Waals surface area contributed by atoms with Crippen LogP contribution in [0.3, 0.4) is 0 Å². The minimum atomic E-state index is -3.80. The molecule has 2 rings (SSSR count). The summed E-state index contributed by atoms with van der Waals surface area (Å²) in [6, 6.07) is 2.29. The summed E-state index contributed by atoms with van der Waals surface area (Å²) < 4.78 is 38.3. The molecule has 16 heavy (non-hydrogen) atoms. The van der Waals surface area contributed by atoms with Crippen LogP contribution in [-0.2, 0) is 4.74 Å². The van der Waals surface area contributed by atoms with Gasteiger partial charge in [-0.2, -0.15) is 0 Å². The highest BCUT2D eigenvalue weighted by Gasteiger charge is 2.45. The monoisotopic (exact) mass is 250 g/mol. The molecule has 1 aliphatic heterocycles. The quantitative estimate of drug-likeness (QED) is 0.718. The van der Waals surface area contributed by atoms with Gasteiger partial charge in [-0.1, -0.05) is 11.6 Å². The summed E-state index contributed by atoms with van der Waals surface area (Å²) in [7, 11) is 1.11. The third-order valence-electron chi connectivity index (χ3n) is 1.87. The summed E-state index contributed by atoms with van der Waals surface area (Å²) >= 11 is 5.63. The van der Waals surface area contributed by atoms with E-state index >= 15 is 0 Å². The Hall–Kier alpha value is -1.56. The average molecular weight is 251 g/mol. The Morgan fingerprint density at radius 1 is 1.44 bits per heavy atom. The van der Waals surface area contributed by atoms with E-state index in [9.17, 15) is 13.6 Å². The number of esters is 1. The number of carbonyl (C=O) groups is 1. The van der Waals surface area contributed by atoms with E-state index in [1.807, 2.05) is 0 Å². The summed E-state index contributed by atoms with van der Waals surface area (Å²) in [5, 5.41) is 0.0699. The van der Waals surface area contributed by atoms with Crippen LogP contribution < -0.4 is 9.47 Å². The average Bonchev–Trinajstić information content (AvgIpc) is 2.49. The Balaban J connectivity index is 2.53. The van der Waals surface area contributed by atoms with E-state index < -0.39 is 12.3 Å². The Morgan fingerprint density at radius 3 is 2.75 bits per heavy atom. The van der Waals surface area contributed by atoms with Crippen LogP contribution in [0.5, 0.6) is 11.5 Å². The van der Waals surface area contributed by atoms with E-state index in [1.165, 1.54) is 0 Å². The maximum absolute atomic E-state index is 12.8. The van der Waals surface area contributed by atoms with Crippen LogP contribution >= 0.6 is 11.6 Å². The number of carbonyl (C=O) groups excluding carboxylic acids is 1. The largest absolute Gasteiger partial charge is 0.586 e. The van der Waals surface area contributed by atoms with Crippen molar-refractivity contribution in [2.45, 2.75) is 6.29 Å². The standard InChI is InChI=1S/C9H5ClF2O4/c1-14-8(13)5-2-4(10)3-6-7(5)16-9(11,12)15-6/h2-3H,1H3. The highest BCUT2D eigenvalue weighted by atomic mass is 35.5. The van der Waals surface area contributed by atoms with Crippen molar-refractivity contribution in [2.75, 3.05) is 7.11 Å². The van der Waals surface area contributed by atoms with E-state index in [2.05, 4.69) is 14.2 Å². The maximum Gasteiger partial charge on any atom is 0.586 e. The van der Waals surface area contributed by atoms with Gasteiger partial charge in [-0.15, -0.1) is 8.78 Å². The van der Waals surface area contributed by atoms with Gasteiger partial charge in [0.25, 0.3) is 0 Å². The maximum atomic E-state index is 12.8. The fourth-order valence-electron chi connectivity index (χ4n) is 1.28. The van der Waals surface area contributed by atoms with Crippen LogP contribution in [0.25, 0.3) is 0 Å². The molecule has 0 aromatic heterocycles. The molecule has 0 bridgehead atoms. The first-order chi connectivity index (χ1) is 7.43. The van der Waals surface area contributed by atoms with Gasteiger partial charge < -0.3 is 14.2 Å². The predicted molar refractivity (Wildman–Crippen MR) is 49.0 cm³/mol. The Bertz CT molecular complexity index is 461. The summed E-state index contributed by atoms with van der Waals surface area (Å²) in [5.41, 5.74) is -0.206. The molecule has 0 radical (unpaired) electrons. The molecule has 0 unspecified atom stereocenters. The lowest BCUT2D eigenvalue weighted by Gasteiger charge is -2.05. The van der Waals surface area contributed by atoms with Crippen molar-refractivity contribution in [1.82, 2.24) is 0 Å². The van der Waals surface area contributed by atoms with Gasteiger partial charge in [0.1, 0.15) is 5.56 Å². The molecule has 1 aliphatic rings. The van der Waals surface area contributed by atoms with E-state index in [4.69, 9.17) is 11.6 Å². The molecule has 0 fully saturated rings. The second-order valence-electron chi connectivity index (χ2n) is 2.94. The number of fused-ring (bicyclic) bond motifs is 1. The second kappa shape index (κ2) is 3.48. The number of alkyl halides is 2. The van der Waals surface area contributed by atoms with Crippen LogP contribution in [0.15, 0.2) is 12.1 Å². The zero-order valence-electron chi connectivity index (χ0n) is 7.92. The molecule has 0 saturated carbocycles. The lowest BCUT2D eigenvalue weighted by atomic mass is 10.2. The van der Waals surface area contributed by atoms with Crippen LogP contribution in [0.4, 0.5) is 8.78 Å². The smallest absolute Gasteiger partial charge is 0.465 e. The van der Waals surface area contributed by atoms with E-state index in [-0.39, 0.29) is 22.1 Å². The molecular weight excluding hydrogens is 246 g/mol. The highest BCUT2D eigenvalue weighted by Crippen LogP contribution is 2.45. The van der Waals surface area contributed by atoms with Crippen molar-refractivity contribution in [3.05, 3.63) is 22.7 Å². The number of hydrogen-bond acceptors (Lipinski definition) is 4. The van der Waals surface area contributed by atoms with Gasteiger partial charge in [-0.05, 0) is 6.07 Å². The van der Waals surface area contributed by atoms with Crippen LogP contribution in [0.2, 0.25) is 5.02 Å². The fraction of sp³-hybridized carbons (Fsp3) is 0.222. The molecular formula is C9H5ClF2O4. The van der Waals surface area contributed by atoms with E-state index in [0.717, 1.165) is 19.2 Å². The topological polar surface area (TPSA) is 44.8 Å². The lowest BCUT2D eigenvalue weighted by Crippen LogP contribution is -2.26. The summed E-state index contributed by atoms with van der Waals surface area (Å²) in [6.45, 7) is 0. The molecule has 0 atom stereocenters. The van der Waals surface area contributed by atoms with E-state index in [0.29, 0.717) is 0 Å². The first-order valence-electron chi connectivity index (χ1n) is 4.10. The SMILES string of the molecule is COC(=O)c1cc(Cl)cc2c1OC(F)(F)O2. The zero-order chi connectivity index (χ0) is 11.9. The third kappa shape index (κ3) is 1.76. The van der Waals surface area contributed by atoms with Gasteiger partial charge in [0.15, 0.2) is 11.5 Å². The normalized spacial score (nSPS) is 16.0. The van der Waals surface area contributed by atoms with Crippen molar-refractivity contribution in [3.8, 4) is 11.5 Å². The molecule has 1 heterocycles. The number of benzene rings is 1. The molecule has 0 aliphatic carbocycles.